The van der Waals surface area contributed by atoms with Crippen molar-refractivity contribution >= 4 is 64.9 Å². The Morgan fingerprint density at radius 1 is 1.26 bits per heavy atom. The number of carbonyl (C=O) groups excluding carboxylic acids is 4. The number of hydrogen-bond acceptors (Lipinski definition) is 8. The summed E-state index contributed by atoms with van der Waals surface area (Å²) in [5.74, 6) is -3.75. The maximum Gasteiger partial charge on any atom is 0.305 e. The van der Waals surface area contributed by atoms with Crippen molar-refractivity contribution in [3.8, 4) is 5.75 Å². The molecular weight excluding hydrogens is 513 g/mol. The fourth-order valence-corrected chi connectivity index (χ4v) is 4.02. The van der Waals surface area contributed by atoms with Gasteiger partial charge in [0, 0.05) is 12.1 Å². The number of aldehydes is 1. The SMILES string of the molecule is CSCO[C@H](NC(=O)c1cc(Cl)c(O)c(Cl)c1)C(=O)N1CCCC1C(=O)N[C@H](C=O)CC(=O)O. The summed E-state index contributed by atoms with van der Waals surface area (Å²) >= 11 is 13.0. The van der Waals surface area contributed by atoms with Gasteiger partial charge >= 0.3 is 5.97 Å². The first kappa shape index (κ1) is 27.7. The molecule has 11 nitrogen and oxygen atoms in total. The van der Waals surface area contributed by atoms with Crippen LogP contribution in [0, 0.1) is 0 Å². The van der Waals surface area contributed by atoms with Gasteiger partial charge in [0.05, 0.1) is 28.4 Å². The molecule has 1 unspecified atom stereocenters. The highest BCUT2D eigenvalue weighted by Gasteiger charge is 2.39. The molecule has 0 spiro atoms. The molecule has 0 radical (unpaired) electrons. The van der Waals surface area contributed by atoms with Gasteiger partial charge in [0.15, 0.2) is 5.75 Å². The average Bonchev–Trinajstić information content (AvgIpc) is 3.28. The van der Waals surface area contributed by atoms with E-state index in [1.807, 2.05) is 0 Å². The maximum absolute atomic E-state index is 13.2. The summed E-state index contributed by atoms with van der Waals surface area (Å²) in [4.78, 5) is 61.7. The lowest BCUT2D eigenvalue weighted by atomic mass is 10.1. The minimum absolute atomic E-state index is 0.0310. The van der Waals surface area contributed by atoms with Crippen molar-refractivity contribution in [2.45, 2.75) is 37.6 Å². The fraction of sp³-hybridized carbons (Fsp3) is 0.450. The van der Waals surface area contributed by atoms with E-state index < -0.39 is 54.2 Å². The van der Waals surface area contributed by atoms with E-state index in [1.165, 1.54) is 28.8 Å². The van der Waals surface area contributed by atoms with E-state index in [0.717, 1.165) is 0 Å². The minimum Gasteiger partial charge on any atom is -0.505 e. The highest BCUT2D eigenvalue weighted by molar-refractivity contribution is 7.98. The number of nitrogens with zero attached hydrogens (tertiary/aromatic N) is 1. The Bertz CT molecular complexity index is 941. The van der Waals surface area contributed by atoms with Gasteiger partial charge in [0.1, 0.15) is 12.3 Å². The molecule has 4 N–H and O–H groups in total. The summed E-state index contributed by atoms with van der Waals surface area (Å²) in [5.41, 5.74) is -0.0310. The Hall–Kier alpha value is -2.54. The smallest absolute Gasteiger partial charge is 0.305 e. The maximum atomic E-state index is 13.2. The zero-order valence-electron chi connectivity index (χ0n) is 18.0. The molecule has 2 rings (SSSR count). The molecule has 0 aromatic heterocycles. The van der Waals surface area contributed by atoms with Gasteiger partial charge in [0.2, 0.25) is 12.1 Å². The number of carbonyl (C=O) groups is 5. The van der Waals surface area contributed by atoms with Crippen LogP contribution in [0.3, 0.4) is 0 Å². The number of phenols is 1. The number of aliphatic carboxylic acids is 1. The molecule has 0 saturated carbocycles. The molecule has 1 aliphatic rings. The summed E-state index contributed by atoms with van der Waals surface area (Å²) in [5, 5.41) is 23.0. The molecule has 3 atom stereocenters. The topological polar surface area (TPSA) is 162 Å². The number of nitrogens with one attached hydrogen (secondary N) is 2. The van der Waals surface area contributed by atoms with Crippen LogP contribution in [0.15, 0.2) is 12.1 Å². The van der Waals surface area contributed by atoms with Crippen molar-refractivity contribution < 1.29 is 38.9 Å². The number of phenolic OH excluding ortho intramolecular Hbond substituents is 1. The van der Waals surface area contributed by atoms with Gasteiger partial charge in [-0.1, -0.05) is 23.2 Å². The second-order valence-electron chi connectivity index (χ2n) is 7.25. The number of aromatic hydroxyl groups is 1. The van der Waals surface area contributed by atoms with E-state index in [0.29, 0.717) is 12.7 Å². The summed E-state index contributed by atoms with van der Waals surface area (Å²) in [7, 11) is 0. The zero-order chi connectivity index (χ0) is 25.4. The van der Waals surface area contributed by atoms with Crippen LogP contribution < -0.4 is 10.6 Å². The highest BCUT2D eigenvalue weighted by atomic mass is 35.5. The number of thioether (sulfide) groups is 1. The number of amides is 3. The summed E-state index contributed by atoms with van der Waals surface area (Å²) in [6.45, 7) is 0.188. The van der Waals surface area contributed by atoms with Gasteiger partial charge in [-0.05, 0) is 31.2 Å². The van der Waals surface area contributed by atoms with Gasteiger partial charge in [0.25, 0.3) is 11.8 Å². The van der Waals surface area contributed by atoms with Crippen LogP contribution in [0.5, 0.6) is 5.75 Å². The molecule has 14 heteroatoms. The quantitative estimate of drug-likeness (QED) is 0.241. The second-order valence-corrected chi connectivity index (χ2v) is 8.88. The van der Waals surface area contributed by atoms with Crippen LogP contribution >= 0.6 is 35.0 Å². The van der Waals surface area contributed by atoms with Crippen molar-refractivity contribution in [2.75, 3.05) is 18.7 Å². The number of benzene rings is 1. The van der Waals surface area contributed by atoms with Crippen LogP contribution in [0.2, 0.25) is 10.0 Å². The molecule has 186 valence electrons. The second kappa shape index (κ2) is 12.8. The lowest BCUT2D eigenvalue weighted by Crippen LogP contribution is -2.55. The Morgan fingerprint density at radius 3 is 2.47 bits per heavy atom. The minimum atomic E-state index is -1.46. The van der Waals surface area contributed by atoms with Crippen LogP contribution in [0.25, 0.3) is 0 Å². The predicted molar refractivity (Wildman–Crippen MR) is 124 cm³/mol. The Morgan fingerprint density at radius 2 is 1.91 bits per heavy atom. The molecule has 0 bridgehead atoms. The van der Waals surface area contributed by atoms with Crippen LogP contribution in [-0.2, 0) is 23.9 Å². The Kier molecular flexibility index (Phi) is 10.4. The van der Waals surface area contributed by atoms with E-state index in [4.69, 9.17) is 33.0 Å². The first-order valence-electron chi connectivity index (χ1n) is 9.96. The van der Waals surface area contributed by atoms with Crippen molar-refractivity contribution in [2.24, 2.45) is 0 Å². The summed E-state index contributed by atoms with van der Waals surface area (Å²) in [6, 6.07) is 0.123. The van der Waals surface area contributed by atoms with Gasteiger partial charge < -0.3 is 35.3 Å². The molecule has 1 aromatic rings. The fourth-order valence-electron chi connectivity index (χ4n) is 3.26. The summed E-state index contributed by atoms with van der Waals surface area (Å²) < 4.78 is 5.48. The van der Waals surface area contributed by atoms with E-state index in [-0.39, 0.29) is 34.5 Å². The number of halogens is 2. The summed E-state index contributed by atoms with van der Waals surface area (Å²) in [6.07, 6.45) is 0.732. The normalized spacial score (nSPS) is 17.0. The van der Waals surface area contributed by atoms with Crippen LogP contribution in [0.4, 0.5) is 0 Å². The Balaban J connectivity index is 2.17. The number of hydrogen-bond donors (Lipinski definition) is 4. The third-order valence-electron chi connectivity index (χ3n) is 4.84. The molecule has 1 heterocycles. The van der Waals surface area contributed by atoms with Crippen molar-refractivity contribution in [1.82, 2.24) is 15.5 Å². The van der Waals surface area contributed by atoms with Gasteiger partial charge in [-0.2, -0.15) is 0 Å². The van der Waals surface area contributed by atoms with Crippen molar-refractivity contribution in [3.05, 3.63) is 27.7 Å². The van der Waals surface area contributed by atoms with Crippen molar-refractivity contribution in [1.29, 1.82) is 0 Å². The van der Waals surface area contributed by atoms with E-state index in [9.17, 15) is 29.1 Å². The number of likely N-dealkylation sites (tertiary alicyclic amines) is 1. The van der Waals surface area contributed by atoms with E-state index in [1.54, 1.807) is 6.26 Å². The number of rotatable bonds is 11. The highest BCUT2D eigenvalue weighted by Crippen LogP contribution is 2.32. The Labute approximate surface area is 209 Å². The standard InChI is InChI=1S/C20H23Cl2N3O8S/c1-34-9-33-19(24-17(30)10-5-12(21)16(29)13(22)6-10)20(32)25-4-2-3-14(25)18(31)23-11(8-26)7-15(27)28/h5-6,8,11,14,19,29H,2-4,7,9H2,1H3,(H,23,31)(H,24,30)(H,27,28)/t11-,14?,19-/m0/s1. The van der Waals surface area contributed by atoms with E-state index in [2.05, 4.69) is 10.6 Å². The molecule has 1 aliphatic heterocycles. The lowest BCUT2D eigenvalue weighted by Gasteiger charge is -2.29. The van der Waals surface area contributed by atoms with Crippen LogP contribution in [-0.4, -0.2) is 82.1 Å². The monoisotopic (exact) mass is 535 g/mol. The molecule has 1 fully saturated rings. The molecule has 0 aliphatic carbocycles. The largest absolute Gasteiger partial charge is 0.505 e. The van der Waals surface area contributed by atoms with Gasteiger partial charge in [-0.3, -0.25) is 19.2 Å². The first-order chi connectivity index (χ1) is 16.1. The third-order valence-corrected chi connectivity index (χ3v) is 5.79. The van der Waals surface area contributed by atoms with Crippen molar-refractivity contribution in [3.63, 3.8) is 0 Å². The molecule has 3 amide bonds. The average molecular weight is 536 g/mol. The third kappa shape index (κ3) is 7.23. The predicted octanol–water partition coefficient (Wildman–Crippen LogP) is 1.24. The zero-order valence-corrected chi connectivity index (χ0v) is 20.3. The number of carboxylic acid groups (broad SMARTS) is 1. The molecular formula is C20H23Cl2N3O8S. The van der Waals surface area contributed by atoms with Gasteiger partial charge in [-0.25, -0.2) is 0 Å². The molecule has 34 heavy (non-hydrogen) atoms. The van der Waals surface area contributed by atoms with Gasteiger partial charge in [-0.15, -0.1) is 11.8 Å². The lowest BCUT2D eigenvalue weighted by molar-refractivity contribution is -0.148. The molecule has 1 aromatic carbocycles. The number of ether oxygens (including phenoxy) is 1. The molecule has 1 saturated heterocycles. The number of carboxylic acids is 1. The van der Waals surface area contributed by atoms with Crippen LogP contribution in [0.1, 0.15) is 29.6 Å². The first-order valence-corrected chi connectivity index (χ1v) is 12.1. The van der Waals surface area contributed by atoms with E-state index >= 15 is 0 Å².